The first-order chi connectivity index (χ1) is 10.0. The second-order valence-electron chi connectivity index (χ2n) is 4.47. The van der Waals surface area contributed by atoms with E-state index in [1.807, 2.05) is 0 Å². The summed E-state index contributed by atoms with van der Waals surface area (Å²) in [5.74, 6) is -1.88. The van der Waals surface area contributed by atoms with Gasteiger partial charge in [0.25, 0.3) is 0 Å². The number of carbonyl (C=O) groups is 1. The third kappa shape index (κ3) is 4.91. The molecule has 0 saturated carbocycles. The fourth-order valence-corrected chi connectivity index (χ4v) is 1.94. The first-order valence-electron chi connectivity index (χ1n) is 6.41. The normalized spacial score (nSPS) is 18.6. The number of amides is 1. The molecule has 1 unspecified atom stereocenters. The monoisotopic (exact) mass is 304 g/mol. The molecule has 2 N–H and O–H groups in total. The quantitative estimate of drug-likeness (QED) is 0.870. The lowest BCUT2D eigenvalue weighted by Crippen LogP contribution is -2.40. The minimum Gasteiger partial charge on any atom is -0.432 e. The number of ether oxygens (including phenoxy) is 2. The molecule has 1 aliphatic rings. The molecular formula is C13H15F3N2O3. The molecule has 1 saturated heterocycles. The van der Waals surface area contributed by atoms with E-state index in [9.17, 15) is 18.0 Å². The lowest BCUT2D eigenvalue weighted by atomic mass is 10.2. The van der Waals surface area contributed by atoms with Gasteiger partial charge in [-0.15, -0.1) is 0 Å². The van der Waals surface area contributed by atoms with Crippen LogP contribution in [0.5, 0.6) is 5.75 Å². The van der Waals surface area contributed by atoms with Crippen molar-refractivity contribution in [1.29, 1.82) is 0 Å². The number of benzene rings is 1. The Kier molecular flexibility index (Phi) is 5.40. The van der Waals surface area contributed by atoms with Crippen LogP contribution < -0.4 is 15.4 Å². The van der Waals surface area contributed by atoms with E-state index in [2.05, 4.69) is 15.4 Å². The van der Waals surface area contributed by atoms with E-state index in [0.717, 1.165) is 18.7 Å². The Bertz CT molecular complexity index is 494. The molecule has 1 heterocycles. The van der Waals surface area contributed by atoms with Crippen molar-refractivity contribution in [3.63, 3.8) is 0 Å². The molecule has 1 fully saturated rings. The summed E-state index contributed by atoms with van der Waals surface area (Å²) < 4.78 is 46.8. The van der Waals surface area contributed by atoms with Crippen LogP contribution in [0, 0.1) is 5.82 Å². The number of rotatable bonds is 5. The summed E-state index contributed by atoms with van der Waals surface area (Å²) in [4.78, 5) is 11.8. The molecule has 0 spiro atoms. The number of alkyl halides is 2. The van der Waals surface area contributed by atoms with Gasteiger partial charge in [-0.25, -0.2) is 4.39 Å². The van der Waals surface area contributed by atoms with Crippen LogP contribution in [0.25, 0.3) is 0 Å². The van der Waals surface area contributed by atoms with Crippen LogP contribution in [0.3, 0.4) is 0 Å². The summed E-state index contributed by atoms with van der Waals surface area (Å²) in [6, 6.07) is 3.25. The summed E-state index contributed by atoms with van der Waals surface area (Å²) in [5, 5.41) is 5.57. The van der Waals surface area contributed by atoms with Crippen molar-refractivity contribution in [3.8, 4) is 5.75 Å². The molecule has 116 valence electrons. The van der Waals surface area contributed by atoms with Crippen LogP contribution in [0.15, 0.2) is 18.2 Å². The lowest BCUT2D eigenvalue weighted by molar-refractivity contribution is -0.119. The third-order valence-electron chi connectivity index (χ3n) is 2.85. The SMILES string of the molecule is O=C(CC1CNCCO1)Nc1ccc(OC(F)F)c(F)c1. The lowest BCUT2D eigenvalue weighted by Gasteiger charge is -2.23. The van der Waals surface area contributed by atoms with Gasteiger partial charge in [-0.05, 0) is 12.1 Å². The van der Waals surface area contributed by atoms with Crippen molar-refractivity contribution in [2.75, 3.05) is 25.0 Å². The van der Waals surface area contributed by atoms with Gasteiger partial charge in [0.1, 0.15) is 0 Å². The van der Waals surface area contributed by atoms with Crippen LogP contribution in [-0.2, 0) is 9.53 Å². The fourth-order valence-electron chi connectivity index (χ4n) is 1.94. The van der Waals surface area contributed by atoms with Crippen molar-refractivity contribution in [2.24, 2.45) is 0 Å². The van der Waals surface area contributed by atoms with E-state index in [-0.39, 0.29) is 24.1 Å². The number of nitrogens with one attached hydrogen (secondary N) is 2. The third-order valence-corrected chi connectivity index (χ3v) is 2.85. The smallest absolute Gasteiger partial charge is 0.387 e. The second-order valence-corrected chi connectivity index (χ2v) is 4.47. The average Bonchev–Trinajstić information content (AvgIpc) is 2.42. The summed E-state index contributed by atoms with van der Waals surface area (Å²) in [7, 11) is 0. The van der Waals surface area contributed by atoms with Crippen LogP contribution in [-0.4, -0.2) is 38.3 Å². The van der Waals surface area contributed by atoms with E-state index in [1.165, 1.54) is 6.07 Å². The maximum absolute atomic E-state index is 13.5. The molecule has 1 atom stereocenters. The zero-order valence-corrected chi connectivity index (χ0v) is 11.1. The summed E-state index contributed by atoms with van der Waals surface area (Å²) >= 11 is 0. The molecule has 5 nitrogen and oxygen atoms in total. The van der Waals surface area contributed by atoms with Crippen molar-refractivity contribution >= 4 is 11.6 Å². The summed E-state index contributed by atoms with van der Waals surface area (Å²) in [6.07, 6.45) is -0.103. The number of anilines is 1. The van der Waals surface area contributed by atoms with Crippen LogP contribution in [0.4, 0.5) is 18.9 Å². The molecule has 0 bridgehead atoms. The highest BCUT2D eigenvalue weighted by molar-refractivity contribution is 5.91. The summed E-state index contributed by atoms with van der Waals surface area (Å²) in [6.45, 7) is -1.25. The fraction of sp³-hybridized carbons (Fsp3) is 0.462. The Morgan fingerprint density at radius 1 is 1.52 bits per heavy atom. The number of hydrogen-bond acceptors (Lipinski definition) is 4. The molecule has 0 aliphatic carbocycles. The molecule has 21 heavy (non-hydrogen) atoms. The van der Waals surface area contributed by atoms with E-state index in [4.69, 9.17) is 4.74 Å². The van der Waals surface area contributed by atoms with Gasteiger partial charge in [-0.3, -0.25) is 4.79 Å². The Morgan fingerprint density at radius 3 is 2.95 bits per heavy atom. The largest absolute Gasteiger partial charge is 0.432 e. The Hall–Kier alpha value is -1.80. The predicted octanol–water partition coefficient (Wildman–Crippen LogP) is 1.74. The van der Waals surface area contributed by atoms with Gasteiger partial charge in [-0.2, -0.15) is 8.78 Å². The maximum Gasteiger partial charge on any atom is 0.387 e. The predicted molar refractivity (Wildman–Crippen MR) is 68.9 cm³/mol. The van der Waals surface area contributed by atoms with Gasteiger partial charge in [0, 0.05) is 24.8 Å². The minimum absolute atomic E-state index is 0.129. The highest BCUT2D eigenvalue weighted by Crippen LogP contribution is 2.23. The zero-order chi connectivity index (χ0) is 15.2. The van der Waals surface area contributed by atoms with E-state index >= 15 is 0 Å². The van der Waals surface area contributed by atoms with E-state index in [0.29, 0.717) is 13.2 Å². The van der Waals surface area contributed by atoms with Gasteiger partial charge in [0.2, 0.25) is 5.91 Å². The van der Waals surface area contributed by atoms with Gasteiger partial charge in [-0.1, -0.05) is 0 Å². The molecule has 1 aliphatic heterocycles. The first kappa shape index (κ1) is 15.6. The zero-order valence-electron chi connectivity index (χ0n) is 11.1. The Balaban J connectivity index is 1.89. The van der Waals surface area contributed by atoms with Crippen LogP contribution in [0.2, 0.25) is 0 Å². The van der Waals surface area contributed by atoms with Gasteiger partial charge in [0.15, 0.2) is 11.6 Å². The molecular weight excluding hydrogens is 289 g/mol. The molecule has 0 aromatic heterocycles. The maximum atomic E-state index is 13.5. The summed E-state index contributed by atoms with van der Waals surface area (Å²) in [5.41, 5.74) is 0.169. The van der Waals surface area contributed by atoms with Gasteiger partial charge in [0.05, 0.1) is 19.1 Å². The van der Waals surface area contributed by atoms with Crippen molar-refractivity contribution < 1.29 is 27.4 Å². The number of hydrogen-bond donors (Lipinski definition) is 2. The van der Waals surface area contributed by atoms with Crippen LogP contribution in [0.1, 0.15) is 6.42 Å². The molecule has 2 rings (SSSR count). The molecule has 1 amide bonds. The second kappa shape index (κ2) is 7.28. The molecule has 8 heteroatoms. The van der Waals surface area contributed by atoms with Crippen molar-refractivity contribution in [1.82, 2.24) is 5.32 Å². The minimum atomic E-state index is -3.10. The molecule has 1 aromatic carbocycles. The number of halogens is 3. The van der Waals surface area contributed by atoms with Gasteiger partial charge >= 0.3 is 6.61 Å². The topological polar surface area (TPSA) is 59.6 Å². The number of carbonyl (C=O) groups excluding carboxylic acids is 1. The highest BCUT2D eigenvalue weighted by Gasteiger charge is 2.18. The van der Waals surface area contributed by atoms with Gasteiger partial charge < -0.3 is 20.1 Å². The Morgan fingerprint density at radius 2 is 2.33 bits per heavy atom. The van der Waals surface area contributed by atoms with Crippen molar-refractivity contribution in [3.05, 3.63) is 24.0 Å². The molecule has 1 aromatic rings. The van der Waals surface area contributed by atoms with Crippen LogP contribution >= 0.6 is 0 Å². The standard InChI is InChI=1S/C13H15F3N2O3/c14-10-5-8(1-2-11(10)21-13(15)16)18-12(19)6-9-7-17-3-4-20-9/h1-2,5,9,13,17H,3-4,6-7H2,(H,18,19). The average molecular weight is 304 g/mol. The molecule has 0 radical (unpaired) electrons. The first-order valence-corrected chi connectivity index (χ1v) is 6.41. The van der Waals surface area contributed by atoms with E-state index < -0.39 is 18.2 Å². The van der Waals surface area contributed by atoms with E-state index in [1.54, 1.807) is 0 Å². The van der Waals surface area contributed by atoms with Crippen molar-refractivity contribution in [2.45, 2.75) is 19.1 Å². The highest BCUT2D eigenvalue weighted by atomic mass is 19.3. The Labute approximate surface area is 119 Å². The number of morpholine rings is 1.